The second kappa shape index (κ2) is 21.3. The molecule has 1 spiro atoms. The molecule has 3 unspecified atom stereocenters. The zero-order chi connectivity index (χ0) is 52.4. The van der Waals surface area contributed by atoms with Crippen molar-refractivity contribution in [3.8, 4) is 0 Å². The number of methoxy groups -OCH3 is 1. The first-order valence-corrected chi connectivity index (χ1v) is 26.3. The molecule has 2 bridgehead atoms. The SMILES string of the molecule is C=C(C)[C@H]1[C@H]2C[C@@]3(C)C4=CC[C@H]5C(C)(C)[C@@H](O[C@@H]6OC[C@@H](OS(=O)(=O)[O-])[C@H](O)C6O[C@@H]6OC(C)[C@@H](O[C@@H]7O[C@@H](CO)[C@@H](O)[C@H](O[C@@H]8OC[C@@H](O)[C@H](OC)[C@@H]8O)C7O)[C@H](O)[C@H]6O)CC[C@]5(C)[C@H]4CC[C@@]13C(=O)O2.[Na+]. The van der Waals surface area contributed by atoms with Crippen LogP contribution in [0.1, 0.15) is 80.1 Å². The maximum atomic E-state index is 13.7. The van der Waals surface area contributed by atoms with E-state index >= 15 is 0 Å². The second-order valence-corrected chi connectivity index (χ2v) is 23.7. The van der Waals surface area contributed by atoms with Crippen molar-refractivity contribution in [2.24, 2.45) is 39.4 Å². The van der Waals surface area contributed by atoms with Gasteiger partial charge >= 0.3 is 35.5 Å². The van der Waals surface area contributed by atoms with Gasteiger partial charge in [0.05, 0.1) is 37.4 Å². The maximum absolute atomic E-state index is 13.7. The maximum Gasteiger partial charge on any atom is 1.00 e. The number of esters is 1. The van der Waals surface area contributed by atoms with E-state index in [0.717, 1.165) is 24.8 Å². The van der Waals surface area contributed by atoms with Crippen LogP contribution in [-0.4, -0.2) is 210 Å². The molecular weight excluding hydrogens is 1000 g/mol. The number of allylic oxidation sites excluding steroid dienone is 2. The van der Waals surface area contributed by atoms with E-state index in [-0.39, 0.29) is 76.8 Å². The van der Waals surface area contributed by atoms with E-state index in [0.29, 0.717) is 19.3 Å². The Kier molecular flexibility index (Phi) is 17.0. The van der Waals surface area contributed by atoms with Crippen LogP contribution in [0.15, 0.2) is 23.8 Å². The minimum atomic E-state index is -5.38. The van der Waals surface area contributed by atoms with Gasteiger partial charge in [-0.2, -0.15) is 0 Å². The summed E-state index contributed by atoms with van der Waals surface area (Å²) in [6.07, 6.45) is -23.5. The Labute approximate surface area is 446 Å². The molecule has 0 aromatic rings. The molecule has 5 saturated heterocycles. The number of aliphatic hydroxyl groups is 8. The summed E-state index contributed by atoms with van der Waals surface area (Å²) in [6.45, 7) is 14.7. The first-order chi connectivity index (χ1) is 33.7. The van der Waals surface area contributed by atoms with Crippen molar-refractivity contribution in [3.63, 3.8) is 0 Å². The molecule has 8 fully saturated rings. The third-order valence-corrected chi connectivity index (χ3v) is 18.9. The Balaban J connectivity index is 0.00000711. The first kappa shape index (κ1) is 58.3. The van der Waals surface area contributed by atoms with Gasteiger partial charge in [-0.15, -0.1) is 0 Å². The minimum absolute atomic E-state index is 0. The number of carbonyl (C=O) groups is 1. The second-order valence-electron chi connectivity index (χ2n) is 22.7. The number of aliphatic hydroxyl groups excluding tert-OH is 8. The Morgan fingerprint density at radius 2 is 1.45 bits per heavy atom. The number of ether oxygens (including phenoxy) is 10. The summed E-state index contributed by atoms with van der Waals surface area (Å²) in [5.41, 5.74) is 0.495. The first-order valence-electron chi connectivity index (χ1n) is 25.0. The van der Waals surface area contributed by atoms with E-state index in [2.05, 4.69) is 44.5 Å². The molecule has 0 radical (unpaired) electrons. The van der Waals surface area contributed by atoms with Crippen LogP contribution in [-0.2, 0) is 66.7 Å². The minimum Gasteiger partial charge on any atom is -0.726 e. The smallest absolute Gasteiger partial charge is 0.726 e. The van der Waals surface area contributed by atoms with Crippen molar-refractivity contribution in [1.29, 1.82) is 0 Å². The standard InChI is InChI=1S/C48H74O23S.Na/c1-19(2)29-24-15-47(7)22-9-10-27-45(4,5)28(12-13-46(27,6)21(22)11-14-48(29,47)44(57)66-24)67-43-39(31(52)26(18-63-43)71-72(58,59)60)70-41-33(54)32(53)36(20(3)64-41)68-42-35(56)38(30(51)25(16-49)65-42)69-40-34(55)37(61-8)23(50)17-62-40;/h9,20-21,23-43,49-56H,1,10-18H2,2-8H3,(H,58,59,60);/q;+1/p-1/t20?,21-,23+,24+,25-,26+,27-,28-,29-,30+,31-,32+,33+,34-,35?,36+,37-,38-,39?,40-,41-,42-,43-,46+,47-,48-;/m0./s1. The molecule has 9 rings (SSSR count). The topological polar surface area (TPSA) is 338 Å². The summed E-state index contributed by atoms with van der Waals surface area (Å²) in [7, 11) is -4.14. The molecule has 4 aliphatic carbocycles. The van der Waals surface area contributed by atoms with Gasteiger partial charge in [0.1, 0.15) is 85.5 Å². The summed E-state index contributed by atoms with van der Waals surface area (Å²) in [5, 5.41) is 88.2. The van der Waals surface area contributed by atoms with E-state index in [1.807, 2.05) is 6.92 Å². The third kappa shape index (κ3) is 9.71. The number of fused-ring (bicyclic) bond motifs is 5. The number of carbonyl (C=O) groups excluding carboxylic acids is 1. The number of rotatable bonds is 13. The molecule has 26 atom stereocenters. The predicted molar refractivity (Wildman–Crippen MR) is 240 cm³/mol. The van der Waals surface area contributed by atoms with E-state index in [1.54, 1.807) is 0 Å². The Morgan fingerprint density at radius 3 is 2.11 bits per heavy atom. The van der Waals surface area contributed by atoms with Crippen molar-refractivity contribution in [1.82, 2.24) is 0 Å². The Morgan fingerprint density at radius 1 is 0.808 bits per heavy atom. The molecule has 0 aromatic carbocycles. The molecular formula is C48H73NaO23S. The zero-order valence-corrected chi connectivity index (χ0v) is 45.4. The molecule has 410 valence electrons. The van der Waals surface area contributed by atoms with Gasteiger partial charge in [0, 0.05) is 18.4 Å². The van der Waals surface area contributed by atoms with Crippen LogP contribution in [0.3, 0.4) is 0 Å². The van der Waals surface area contributed by atoms with E-state index < -0.39 is 151 Å². The summed E-state index contributed by atoms with van der Waals surface area (Å²) in [5.74, 6) is 0.0846. The fraction of sp³-hybridized carbons (Fsp3) is 0.896. The molecule has 0 amide bonds. The van der Waals surface area contributed by atoms with Crippen LogP contribution in [0, 0.1) is 39.4 Å². The molecule has 0 aromatic heterocycles. The van der Waals surface area contributed by atoms with Gasteiger partial charge in [0.2, 0.25) is 10.4 Å². The number of hydrogen-bond acceptors (Lipinski definition) is 23. The Bertz CT molecular complexity index is 2170. The fourth-order valence-corrected chi connectivity index (χ4v) is 15.4. The Hall–Kier alpha value is -0.860. The van der Waals surface area contributed by atoms with Gasteiger partial charge in [-0.3, -0.25) is 8.98 Å². The third-order valence-electron chi connectivity index (χ3n) is 18.4. The van der Waals surface area contributed by atoms with Crippen molar-refractivity contribution in [2.45, 2.75) is 203 Å². The molecule has 9 aliphatic rings. The van der Waals surface area contributed by atoms with Crippen molar-refractivity contribution in [3.05, 3.63) is 23.8 Å². The molecule has 73 heavy (non-hydrogen) atoms. The number of hydrogen-bond donors (Lipinski definition) is 8. The molecule has 25 heteroatoms. The van der Waals surface area contributed by atoms with Gasteiger partial charge in [0.15, 0.2) is 25.2 Å². The summed E-state index contributed by atoms with van der Waals surface area (Å²) >= 11 is 0. The average molecular weight is 1070 g/mol. The van der Waals surface area contributed by atoms with Crippen LogP contribution >= 0.6 is 0 Å². The van der Waals surface area contributed by atoms with Crippen molar-refractivity contribution < 1.29 is 140 Å². The summed E-state index contributed by atoms with van der Waals surface area (Å²) < 4.78 is 98.9. The molecule has 23 nitrogen and oxygen atoms in total. The predicted octanol–water partition coefficient (Wildman–Crippen LogP) is -4.21. The molecule has 5 aliphatic heterocycles. The van der Waals surface area contributed by atoms with E-state index in [1.165, 1.54) is 19.6 Å². The van der Waals surface area contributed by atoms with Gasteiger partial charge in [0.25, 0.3) is 0 Å². The summed E-state index contributed by atoms with van der Waals surface area (Å²) in [4.78, 5) is 13.7. The molecule has 5 heterocycles. The van der Waals surface area contributed by atoms with Crippen LogP contribution in [0.4, 0.5) is 0 Å². The van der Waals surface area contributed by atoms with Crippen LogP contribution in [0.5, 0.6) is 0 Å². The largest absolute Gasteiger partial charge is 1.00 e. The monoisotopic (exact) mass is 1070 g/mol. The van der Waals surface area contributed by atoms with Crippen molar-refractivity contribution >= 4 is 16.4 Å². The van der Waals surface area contributed by atoms with Gasteiger partial charge in [-0.1, -0.05) is 51.5 Å². The van der Waals surface area contributed by atoms with Gasteiger partial charge < -0.3 is 92.8 Å². The van der Waals surface area contributed by atoms with Gasteiger partial charge in [-0.25, -0.2) is 8.42 Å². The molecule has 3 saturated carbocycles. The van der Waals surface area contributed by atoms with Crippen LogP contribution < -0.4 is 29.6 Å². The molecule has 8 N–H and O–H groups in total. The normalized spacial score (nSPS) is 51.4. The van der Waals surface area contributed by atoms with Crippen LogP contribution in [0.25, 0.3) is 0 Å². The fourth-order valence-electron chi connectivity index (χ4n) is 14.9. The van der Waals surface area contributed by atoms with E-state index in [9.17, 15) is 58.6 Å². The van der Waals surface area contributed by atoms with Crippen molar-refractivity contribution in [2.75, 3.05) is 26.9 Å². The zero-order valence-electron chi connectivity index (χ0n) is 42.5. The van der Waals surface area contributed by atoms with Crippen LogP contribution in [0.2, 0.25) is 0 Å². The average Bonchev–Trinajstić information content (AvgIpc) is 3.74. The quantitative estimate of drug-likeness (QED) is 0.0285. The van der Waals surface area contributed by atoms with Gasteiger partial charge in [-0.05, 0) is 75.0 Å². The summed E-state index contributed by atoms with van der Waals surface area (Å²) in [6, 6.07) is 0. The van der Waals surface area contributed by atoms with E-state index in [4.69, 9.17) is 47.4 Å².